The maximum absolute atomic E-state index is 13.3. The fourth-order valence-corrected chi connectivity index (χ4v) is 4.80. The van der Waals surface area contributed by atoms with E-state index >= 15 is 0 Å². The number of imide groups is 1. The van der Waals surface area contributed by atoms with Gasteiger partial charge < -0.3 is 4.90 Å². The molecule has 4 rings (SSSR count). The van der Waals surface area contributed by atoms with Gasteiger partial charge in [0.2, 0.25) is 17.7 Å². The Morgan fingerprint density at radius 2 is 1.71 bits per heavy atom. The predicted octanol–water partition coefficient (Wildman–Crippen LogP) is 3.60. The molecule has 3 amide bonds. The highest BCUT2D eigenvalue weighted by Crippen LogP contribution is 2.38. The minimum absolute atomic E-state index is 0.224. The van der Waals surface area contributed by atoms with E-state index in [4.69, 9.17) is 0 Å². The SMILES string of the molecule is O=C1C2CCCCC2C(=O)N1CC(=O)N(Cc1cccs1)c1ccc(F)cc1. The van der Waals surface area contributed by atoms with Crippen LogP contribution < -0.4 is 4.90 Å². The number of anilines is 1. The number of hydrogen-bond donors (Lipinski definition) is 0. The van der Waals surface area contributed by atoms with Crippen molar-refractivity contribution in [2.45, 2.75) is 32.2 Å². The van der Waals surface area contributed by atoms with Crippen LogP contribution in [0.4, 0.5) is 10.1 Å². The fraction of sp³-hybridized carbons (Fsp3) is 0.381. The third-order valence-electron chi connectivity index (χ3n) is 5.56. The molecule has 5 nitrogen and oxygen atoms in total. The quantitative estimate of drug-likeness (QED) is 0.721. The van der Waals surface area contributed by atoms with Gasteiger partial charge in [0.15, 0.2) is 0 Å². The summed E-state index contributed by atoms with van der Waals surface area (Å²) in [5.74, 6) is -1.73. The van der Waals surface area contributed by atoms with Crippen LogP contribution >= 0.6 is 11.3 Å². The highest BCUT2D eigenvalue weighted by molar-refractivity contribution is 7.09. The first kappa shape index (κ1) is 18.8. The number of carbonyl (C=O) groups is 3. The second-order valence-corrected chi connectivity index (χ2v) is 8.33. The van der Waals surface area contributed by atoms with Gasteiger partial charge in [-0.05, 0) is 48.6 Å². The molecule has 0 spiro atoms. The zero-order valence-corrected chi connectivity index (χ0v) is 16.2. The van der Waals surface area contributed by atoms with Crippen molar-refractivity contribution in [3.05, 3.63) is 52.5 Å². The van der Waals surface area contributed by atoms with E-state index in [1.54, 1.807) is 0 Å². The van der Waals surface area contributed by atoms with E-state index in [0.29, 0.717) is 12.2 Å². The molecule has 7 heteroatoms. The van der Waals surface area contributed by atoms with E-state index in [1.165, 1.54) is 40.5 Å². The lowest BCUT2D eigenvalue weighted by molar-refractivity contribution is -0.143. The van der Waals surface area contributed by atoms with Gasteiger partial charge in [-0.1, -0.05) is 18.9 Å². The van der Waals surface area contributed by atoms with Crippen molar-refractivity contribution in [3.8, 4) is 0 Å². The molecule has 2 aliphatic rings. The minimum atomic E-state index is -0.388. The Labute approximate surface area is 166 Å². The normalized spacial score (nSPS) is 21.7. The second-order valence-electron chi connectivity index (χ2n) is 7.30. The van der Waals surface area contributed by atoms with Gasteiger partial charge in [0.1, 0.15) is 12.4 Å². The lowest BCUT2D eigenvalue weighted by atomic mass is 9.81. The van der Waals surface area contributed by atoms with Crippen LogP contribution in [0.2, 0.25) is 0 Å². The van der Waals surface area contributed by atoms with Gasteiger partial charge in [0.25, 0.3) is 0 Å². The molecule has 2 heterocycles. The number of halogens is 1. The zero-order valence-electron chi connectivity index (χ0n) is 15.3. The van der Waals surface area contributed by atoms with Crippen LogP contribution in [0.3, 0.4) is 0 Å². The Balaban J connectivity index is 1.56. The molecule has 2 unspecified atom stereocenters. The average molecular weight is 400 g/mol. The molecule has 1 aliphatic heterocycles. The number of likely N-dealkylation sites (tertiary alicyclic amines) is 1. The molecule has 2 atom stereocenters. The monoisotopic (exact) mass is 400 g/mol. The van der Waals surface area contributed by atoms with Crippen LogP contribution in [-0.4, -0.2) is 29.2 Å². The summed E-state index contributed by atoms with van der Waals surface area (Å²) in [5.41, 5.74) is 0.538. The molecular formula is C21H21FN2O3S. The summed E-state index contributed by atoms with van der Waals surface area (Å²) in [6, 6.07) is 9.47. The molecule has 1 saturated carbocycles. The molecule has 1 aromatic carbocycles. The number of hydrogen-bond acceptors (Lipinski definition) is 4. The van der Waals surface area contributed by atoms with Crippen LogP contribution in [0, 0.1) is 17.7 Å². The Bertz CT molecular complexity index is 858. The van der Waals surface area contributed by atoms with E-state index < -0.39 is 0 Å². The molecular weight excluding hydrogens is 379 g/mol. The molecule has 0 radical (unpaired) electrons. The number of amides is 3. The Morgan fingerprint density at radius 3 is 2.29 bits per heavy atom. The summed E-state index contributed by atoms with van der Waals surface area (Å²) in [6.45, 7) is 0.0403. The summed E-state index contributed by atoms with van der Waals surface area (Å²) in [6.07, 6.45) is 3.33. The maximum Gasteiger partial charge on any atom is 0.247 e. The average Bonchev–Trinajstić information content (AvgIpc) is 3.30. The van der Waals surface area contributed by atoms with Crippen LogP contribution in [0.1, 0.15) is 30.6 Å². The predicted molar refractivity (Wildman–Crippen MR) is 104 cm³/mol. The van der Waals surface area contributed by atoms with E-state index in [0.717, 1.165) is 35.5 Å². The van der Waals surface area contributed by atoms with Crippen molar-refractivity contribution >= 4 is 34.7 Å². The fourth-order valence-electron chi connectivity index (χ4n) is 4.11. The number of carbonyl (C=O) groups excluding carboxylic acids is 3. The molecule has 2 fully saturated rings. The van der Waals surface area contributed by atoms with E-state index in [-0.39, 0.29) is 41.9 Å². The Hall–Kier alpha value is -2.54. The van der Waals surface area contributed by atoms with Crippen LogP contribution in [-0.2, 0) is 20.9 Å². The summed E-state index contributed by atoms with van der Waals surface area (Å²) < 4.78 is 13.3. The summed E-state index contributed by atoms with van der Waals surface area (Å²) >= 11 is 1.51. The number of rotatable bonds is 5. The van der Waals surface area contributed by atoms with Gasteiger partial charge in [0, 0.05) is 10.6 Å². The number of thiophene rings is 1. The van der Waals surface area contributed by atoms with Crippen LogP contribution in [0.25, 0.3) is 0 Å². The molecule has 28 heavy (non-hydrogen) atoms. The topological polar surface area (TPSA) is 57.7 Å². The number of benzene rings is 1. The van der Waals surface area contributed by atoms with Crippen molar-refractivity contribution in [2.24, 2.45) is 11.8 Å². The molecule has 2 aromatic rings. The standard InChI is InChI=1S/C21H21FN2O3S/c22-14-7-9-15(10-8-14)23(12-16-4-3-11-28-16)19(25)13-24-20(26)17-5-1-2-6-18(17)21(24)27/h3-4,7-11,17-18H,1-2,5-6,12-13H2. The maximum atomic E-state index is 13.3. The van der Waals surface area contributed by atoms with Gasteiger partial charge in [0.05, 0.1) is 18.4 Å². The Kier molecular flexibility index (Phi) is 5.26. The van der Waals surface area contributed by atoms with E-state index in [9.17, 15) is 18.8 Å². The highest BCUT2D eigenvalue weighted by Gasteiger charge is 2.48. The third kappa shape index (κ3) is 3.58. The molecule has 1 aliphatic carbocycles. The van der Waals surface area contributed by atoms with Crippen molar-refractivity contribution in [1.29, 1.82) is 0 Å². The first-order chi connectivity index (χ1) is 13.5. The summed E-state index contributed by atoms with van der Waals surface area (Å²) in [7, 11) is 0. The highest BCUT2D eigenvalue weighted by atomic mass is 32.1. The van der Waals surface area contributed by atoms with Gasteiger partial charge in [-0.3, -0.25) is 19.3 Å². The van der Waals surface area contributed by atoms with E-state index in [1.807, 2.05) is 17.5 Å². The number of fused-ring (bicyclic) bond motifs is 1. The van der Waals surface area contributed by atoms with E-state index in [2.05, 4.69) is 0 Å². The first-order valence-electron chi connectivity index (χ1n) is 9.48. The molecule has 0 N–H and O–H groups in total. The lowest BCUT2D eigenvalue weighted by Gasteiger charge is -2.25. The first-order valence-corrected chi connectivity index (χ1v) is 10.4. The third-order valence-corrected chi connectivity index (χ3v) is 6.42. The van der Waals surface area contributed by atoms with Gasteiger partial charge >= 0.3 is 0 Å². The zero-order chi connectivity index (χ0) is 19.7. The second kappa shape index (κ2) is 7.83. The summed E-state index contributed by atoms with van der Waals surface area (Å²) in [4.78, 5) is 42.1. The van der Waals surface area contributed by atoms with Crippen molar-refractivity contribution in [1.82, 2.24) is 4.90 Å². The Morgan fingerprint density at radius 1 is 1.07 bits per heavy atom. The van der Waals surface area contributed by atoms with Crippen molar-refractivity contribution in [2.75, 3.05) is 11.4 Å². The van der Waals surface area contributed by atoms with Crippen LogP contribution in [0.15, 0.2) is 41.8 Å². The van der Waals surface area contributed by atoms with Gasteiger partial charge in [-0.2, -0.15) is 0 Å². The lowest BCUT2D eigenvalue weighted by Crippen LogP contribution is -2.43. The molecule has 0 bridgehead atoms. The minimum Gasteiger partial charge on any atom is -0.306 e. The molecule has 1 saturated heterocycles. The van der Waals surface area contributed by atoms with Gasteiger partial charge in [-0.25, -0.2) is 4.39 Å². The van der Waals surface area contributed by atoms with Gasteiger partial charge in [-0.15, -0.1) is 11.3 Å². The largest absolute Gasteiger partial charge is 0.306 e. The van der Waals surface area contributed by atoms with Crippen molar-refractivity contribution in [3.63, 3.8) is 0 Å². The molecule has 146 valence electrons. The smallest absolute Gasteiger partial charge is 0.247 e. The summed E-state index contributed by atoms with van der Waals surface area (Å²) in [5, 5.41) is 1.92. The van der Waals surface area contributed by atoms with Crippen molar-refractivity contribution < 1.29 is 18.8 Å². The molecule has 1 aromatic heterocycles. The number of nitrogens with zero attached hydrogens (tertiary/aromatic N) is 2. The van der Waals surface area contributed by atoms with Crippen LogP contribution in [0.5, 0.6) is 0 Å².